The fourth-order valence-corrected chi connectivity index (χ4v) is 3.29. The normalized spacial score (nSPS) is 13.9. The highest BCUT2D eigenvalue weighted by Gasteiger charge is 2.34. The van der Waals surface area contributed by atoms with E-state index in [0.717, 1.165) is 16.5 Å². The van der Waals surface area contributed by atoms with Crippen molar-refractivity contribution in [2.45, 2.75) is 6.42 Å². The number of para-hydroxylation sites is 1. The van der Waals surface area contributed by atoms with Gasteiger partial charge in [0, 0.05) is 18.1 Å². The molecule has 0 fully saturated rings. The van der Waals surface area contributed by atoms with Crippen LogP contribution in [0.5, 0.6) is 0 Å². The summed E-state index contributed by atoms with van der Waals surface area (Å²) in [4.78, 5) is 29.2. The minimum Gasteiger partial charge on any atom is -0.360 e. The Balaban J connectivity index is 1.59. The molecule has 0 aliphatic carbocycles. The van der Waals surface area contributed by atoms with Crippen molar-refractivity contribution < 1.29 is 9.59 Å². The van der Waals surface area contributed by atoms with Crippen LogP contribution < -0.4 is 0 Å². The number of hydrogen-bond donors (Lipinski definition) is 1. The quantitative estimate of drug-likeness (QED) is 0.747. The molecule has 2 aromatic carbocycles. The van der Waals surface area contributed by atoms with Crippen LogP contribution in [0.3, 0.4) is 0 Å². The fraction of sp³-hybridized carbons (Fsp3) is 0.111. The monoisotopic (exact) mass is 324 g/mol. The van der Waals surface area contributed by atoms with Crippen LogP contribution in [0.1, 0.15) is 26.3 Å². The first kappa shape index (κ1) is 14.0. The highest BCUT2D eigenvalue weighted by Crippen LogP contribution is 2.27. The number of carbonyl (C=O) groups excluding carboxylic acids is 2. The molecule has 0 radical (unpaired) electrons. The molecule has 1 aromatic heterocycles. The number of nitrogens with one attached hydrogen (secondary N) is 1. The lowest BCUT2D eigenvalue weighted by Gasteiger charge is -2.13. The molecule has 3 aromatic rings. The number of imide groups is 1. The summed E-state index contributed by atoms with van der Waals surface area (Å²) in [6.45, 7) is 0.353. The largest absolute Gasteiger partial charge is 0.360 e. The summed E-state index contributed by atoms with van der Waals surface area (Å²) >= 11 is 6.15. The molecule has 2 amide bonds. The molecule has 0 bridgehead atoms. The molecule has 0 unspecified atom stereocenters. The zero-order valence-corrected chi connectivity index (χ0v) is 12.9. The summed E-state index contributed by atoms with van der Waals surface area (Å²) in [5.41, 5.74) is 2.89. The van der Waals surface area contributed by atoms with Gasteiger partial charge in [0.1, 0.15) is 0 Å². The van der Waals surface area contributed by atoms with Crippen molar-refractivity contribution in [3.05, 3.63) is 70.4 Å². The number of benzene rings is 2. The van der Waals surface area contributed by atoms with E-state index in [1.54, 1.807) is 24.3 Å². The number of H-pyrrole nitrogens is 1. The number of hydrogen-bond acceptors (Lipinski definition) is 2. The summed E-state index contributed by atoms with van der Waals surface area (Å²) < 4.78 is 0. The Morgan fingerprint density at radius 3 is 2.35 bits per heavy atom. The second-order valence-corrected chi connectivity index (χ2v) is 5.94. The van der Waals surface area contributed by atoms with Gasteiger partial charge in [-0.1, -0.05) is 35.9 Å². The number of carbonyl (C=O) groups is 2. The zero-order valence-electron chi connectivity index (χ0n) is 12.2. The van der Waals surface area contributed by atoms with E-state index in [0.29, 0.717) is 29.1 Å². The minimum absolute atomic E-state index is 0.219. The van der Waals surface area contributed by atoms with Gasteiger partial charge in [0.2, 0.25) is 0 Å². The Morgan fingerprint density at radius 1 is 0.957 bits per heavy atom. The van der Waals surface area contributed by atoms with Gasteiger partial charge in [-0.2, -0.15) is 0 Å². The third kappa shape index (κ3) is 2.14. The van der Waals surface area contributed by atoms with E-state index < -0.39 is 0 Å². The molecule has 114 valence electrons. The topological polar surface area (TPSA) is 53.2 Å². The highest BCUT2D eigenvalue weighted by atomic mass is 35.5. The molecule has 2 heterocycles. The van der Waals surface area contributed by atoms with Crippen LogP contribution in [-0.2, 0) is 6.42 Å². The van der Waals surface area contributed by atoms with Crippen molar-refractivity contribution >= 4 is 34.3 Å². The molecule has 1 aliphatic rings. The van der Waals surface area contributed by atoms with Crippen molar-refractivity contribution in [3.63, 3.8) is 0 Å². The number of aromatic amines is 1. The molecule has 5 heteroatoms. The van der Waals surface area contributed by atoms with E-state index >= 15 is 0 Å². The average Bonchev–Trinajstić information content (AvgIpc) is 3.08. The Bertz CT molecular complexity index is 910. The molecule has 1 aliphatic heterocycles. The van der Waals surface area contributed by atoms with Gasteiger partial charge in [-0.3, -0.25) is 14.5 Å². The predicted octanol–water partition coefficient (Wildman–Crippen LogP) is 3.66. The molecular formula is C18H13ClN2O2. The Morgan fingerprint density at radius 2 is 1.65 bits per heavy atom. The average molecular weight is 325 g/mol. The van der Waals surface area contributed by atoms with Gasteiger partial charge in [0.05, 0.1) is 21.7 Å². The van der Waals surface area contributed by atoms with E-state index in [9.17, 15) is 9.59 Å². The lowest BCUT2D eigenvalue weighted by molar-refractivity contribution is 0.0656. The van der Waals surface area contributed by atoms with Crippen LogP contribution in [-0.4, -0.2) is 28.2 Å². The molecule has 0 saturated carbocycles. The number of amides is 2. The van der Waals surface area contributed by atoms with Gasteiger partial charge in [0.25, 0.3) is 11.8 Å². The van der Waals surface area contributed by atoms with Gasteiger partial charge in [-0.15, -0.1) is 0 Å². The van der Waals surface area contributed by atoms with Crippen LogP contribution in [0.2, 0.25) is 5.02 Å². The molecule has 0 saturated heterocycles. The third-order valence-corrected chi connectivity index (χ3v) is 4.55. The summed E-state index contributed by atoms with van der Waals surface area (Å²) in [7, 11) is 0. The van der Waals surface area contributed by atoms with E-state index in [4.69, 9.17) is 11.6 Å². The first-order valence-corrected chi connectivity index (χ1v) is 7.74. The molecule has 1 N–H and O–H groups in total. The number of nitrogens with zero attached hydrogens (tertiary/aromatic N) is 1. The summed E-state index contributed by atoms with van der Waals surface area (Å²) in [5.74, 6) is -0.438. The van der Waals surface area contributed by atoms with Crippen molar-refractivity contribution in [2.75, 3.05) is 6.54 Å². The Labute approximate surface area is 137 Å². The second kappa shape index (κ2) is 5.25. The van der Waals surface area contributed by atoms with Crippen molar-refractivity contribution in [1.29, 1.82) is 0 Å². The van der Waals surface area contributed by atoms with Crippen LogP contribution in [0.4, 0.5) is 0 Å². The smallest absolute Gasteiger partial charge is 0.261 e. The standard InChI is InChI=1S/C18H13ClN2O2/c19-15-7-3-6-12-11(10-20-16(12)15)8-9-21-17(22)13-4-1-2-5-14(13)18(21)23/h1-7,10,20H,8-9H2. The number of fused-ring (bicyclic) bond motifs is 2. The summed E-state index contributed by atoms with van der Waals surface area (Å²) in [6.07, 6.45) is 2.47. The Kier molecular flexibility index (Phi) is 3.20. The second-order valence-electron chi connectivity index (χ2n) is 5.53. The molecule has 4 rings (SSSR count). The van der Waals surface area contributed by atoms with E-state index in [1.165, 1.54) is 4.90 Å². The number of halogens is 1. The maximum absolute atomic E-state index is 12.4. The summed E-state index contributed by atoms with van der Waals surface area (Å²) in [5, 5.41) is 1.68. The fourth-order valence-electron chi connectivity index (χ4n) is 3.06. The van der Waals surface area contributed by atoms with Crippen molar-refractivity contribution in [2.24, 2.45) is 0 Å². The van der Waals surface area contributed by atoms with Gasteiger partial charge >= 0.3 is 0 Å². The van der Waals surface area contributed by atoms with Crippen LogP contribution in [0.25, 0.3) is 10.9 Å². The number of rotatable bonds is 3. The Hall–Kier alpha value is -2.59. The molecule has 23 heavy (non-hydrogen) atoms. The van der Waals surface area contributed by atoms with E-state index in [-0.39, 0.29) is 11.8 Å². The highest BCUT2D eigenvalue weighted by molar-refractivity contribution is 6.35. The van der Waals surface area contributed by atoms with E-state index in [1.807, 2.05) is 24.4 Å². The predicted molar refractivity (Wildman–Crippen MR) is 88.8 cm³/mol. The molecule has 0 atom stereocenters. The van der Waals surface area contributed by atoms with Gasteiger partial charge in [-0.25, -0.2) is 0 Å². The SMILES string of the molecule is O=C1c2ccccc2C(=O)N1CCc1c[nH]c2c(Cl)cccc12. The first-order valence-electron chi connectivity index (χ1n) is 7.36. The summed E-state index contributed by atoms with van der Waals surface area (Å²) in [6, 6.07) is 12.6. The van der Waals surface area contributed by atoms with Crippen LogP contribution in [0.15, 0.2) is 48.7 Å². The van der Waals surface area contributed by atoms with E-state index in [2.05, 4.69) is 4.98 Å². The van der Waals surface area contributed by atoms with Gasteiger partial charge in [0.15, 0.2) is 0 Å². The molecule has 4 nitrogen and oxygen atoms in total. The molecular weight excluding hydrogens is 312 g/mol. The van der Waals surface area contributed by atoms with Crippen molar-refractivity contribution in [1.82, 2.24) is 9.88 Å². The maximum Gasteiger partial charge on any atom is 0.261 e. The van der Waals surface area contributed by atoms with Crippen molar-refractivity contribution in [3.8, 4) is 0 Å². The zero-order chi connectivity index (χ0) is 16.0. The number of aromatic nitrogens is 1. The minimum atomic E-state index is -0.219. The van der Waals surface area contributed by atoms with Gasteiger partial charge in [-0.05, 0) is 30.2 Å². The lowest BCUT2D eigenvalue weighted by atomic mass is 10.1. The maximum atomic E-state index is 12.4. The van der Waals surface area contributed by atoms with Gasteiger partial charge < -0.3 is 4.98 Å². The lowest BCUT2D eigenvalue weighted by Crippen LogP contribution is -2.31. The first-order chi connectivity index (χ1) is 11.2. The third-order valence-electron chi connectivity index (χ3n) is 4.23. The molecule has 0 spiro atoms. The van der Waals surface area contributed by atoms with Crippen LogP contribution in [0, 0.1) is 0 Å². The van der Waals surface area contributed by atoms with Crippen LogP contribution >= 0.6 is 11.6 Å².